The minimum Gasteiger partial charge on any atom is -0.361 e. The minimum absolute atomic E-state index is 0.613. The molecule has 3 nitrogen and oxygen atoms in total. The van der Waals surface area contributed by atoms with Gasteiger partial charge in [0.2, 0.25) is 0 Å². The molecule has 3 unspecified atom stereocenters. The second-order valence-electron chi connectivity index (χ2n) is 6.73. The van der Waals surface area contributed by atoms with Gasteiger partial charge in [0.15, 0.2) is 5.69 Å². The third-order valence-electron chi connectivity index (χ3n) is 5.37. The third-order valence-corrected chi connectivity index (χ3v) is 5.37. The zero-order valence-corrected chi connectivity index (χ0v) is 13.8. The van der Waals surface area contributed by atoms with E-state index < -0.39 is 0 Å². The highest BCUT2D eigenvalue weighted by atomic mass is 15.1. The quantitative estimate of drug-likeness (QED) is 0.793. The molecular formula is C19H25N3. The maximum atomic E-state index is 7.25. The van der Waals surface area contributed by atoms with Crippen molar-refractivity contribution in [3.63, 3.8) is 0 Å². The highest BCUT2D eigenvalue weighted by molar-refractivity contribution is 5.87. The summed E-state index contributed by atoms with van der Waals surface area (Å²) in [7, 11) is 4.41. The molecule has 1 aliphatic carbocycles. The number of H-pyrrole nitrogens is 1. The largest absolute Gasteiger partial charge is 0.361 e. The van der Waals surface area contributed by atoms with E-state index in [1.807, 2.05) is 12.1 Å². The van der Waals surface area contributed by atoms with Crippen molar-refractivity contribution in [3.8, 4) is 0 Å². The summed E-state index contributed by atoms with van der Waals surface area (Å²) in [5.41, 5.74) is 3.32. The summed E-state index contributed by atoms with van der Waals surface area (Å²) >= 11 is 0. The van der Waals surface area contributed by atoms with E-state index in [9.17, 15) is 0 Å². The Morgan fingerprint density at radius 1 is 1.36 bits per heavy atom. The van der Waals surface area contributed by atoms with Crippen LogP contribution >= 0.6 is 0 Å². The molecule has 3 heteroatoms. The Morgan fingerprint density at radius 3 is 2.86 bits per heavy atom. The van der Waals surface area contributed by atoms with E-state index in [-0.39, 0.29) is 0 Å². The molecule has 1 saturated carbocycles. The molecule has 3 rings (SSSR count). The van der Waals surface area contributed by atoms with Crippen LogP contribution < -0.4 is 0 Å². The van der Waals surface area contributed by atoms with Crippen LogP contribution in [-0.4, -0.2) is 30.0 Å². The number of aromatic amines is 1. The fraction of sp³-hybridized carbons (Fsp3) is 0.526. The number of aromatic nitrogens is 1. The number of rotatable bonds is 4. The first kappa shape index (κ1) is 15.1. The molecular weight excluding hydrogens is 270 g/mol. The van der Waals surface area contributed by atoms with Gasteiger partial charge in [0, 0.05) is 17.8 Å². The smallest absolute Gasteiger partial charge is 0.187 e. The average Bonchev–Trinajstić information content (AvgIpc) is 3.13. The molecule has 22 heavy (non-hydrogen) atoms. The van der Waals surface area contributed by atoms with Gasteiger partial charge in [0.1, 0.15) is 0 Å². The van der Waals surface area contributed by atoms with Crippen molar-refractivity contribution < 1.29 is 0 Å². The van der Waals surface area contributed by atoms with Crippen molar-refractivity contribution in [1.29, 1.82) is 0 Å². The first-order chi connectivity index (χ1) is 10.7. The van der Waals surface area contributed by atoms with E-state index in [1.54, 1.807) is 0 Å². The predicted octanol–water partition coefficient (Wildman–Crippen LogP) is 4.94. The first-order valence-electron chi connectivity index (χ1n) is 8.30. The van der Waals surface area contributed by atoms with Crippen molar-refractivity contribution in [2.45, 2.75) is 44.6 Å². The lowest BCUT2D eigenvalue weighted by Gasteiger charge is -2.33. The fourth-order valence-corrected chi connectivity index (χ4v) is 4.39. The molecule has 0 saturated heterocycles. The Kier molecular flexibility index (Phi) is 4.22. The lowest BCUT2D eigenvalue weighted by molar-refractivity contribution is 0.192. The molecule has 2 aromatic rings. The van der Waals surface area contributed by atoms with Crippen LogP contribution in [0.2, 0.25) is 0 Å². The summed E-state index contributed by atoms with van der Waals surface area (Å²) in [5, 5.41) is 1.25. The molecule has 0 amide bonds. The van der Waals surface area contributed by atoms with Crippen LogP contribution in [0.3, 0.4) is 0 Å². The van der Waals surface area contributed by atoms with Crippen LogP contribution in [0.4, 0.5) is 5.69 Å². The number of fused-ring (bicyclic) bond motifs is 1. The van der Waals surface area contributed by atoms with Gasteiger partial charge in [-0.05, 0) is 68.3 Å². The molecule has 1 aromatic heterocycles. The summed E-state index contributed by atoms with van der Waals surface area (Å²) in [6.07, 6.45) is 7.28. The molecule has 0 aliphatic heterocycles. The van der Waals surface area contributed by atoms with Gasteiger partial charge >= 0.3 is 0 Å². The monoisotopic (exact) mass is 295 g/mol. The van der Waals surface area contributed by atoms with Gasteiger partial charge in [-0.2, -0.15) is 0 Å². The van der Waals surface area contributed by atoms with Crippen molar-refractivity contribution in [2.24, 2.45) is 5.92 Å². The Balaban J connectivity index is 2.01. The van der Waals surface area contributed by atoms with Gasteiger partial charge in [0.05, 0.1) is 6.57 Å². The van der Waals surface area contributed by atoms with Crippen molar-refractivity contribution in [2.75, 3.05) is 14.1 Å². The molecule has 1 heterocycles. The summed E-state index contributed by atoms with van der Waals surface area (Å²) < 4.78 is 0. The van der Waals surface area contributed by atoms with E-state index in [1.165, 1.54) is 36.6 Å². The molecule has 1 N–H and O–H groups in total. The van der Waals surface area contributed by atoms with Gasteiger partial charge in [-0.1, -0.05) is 19.4 Å². The molecule has 3 atom stereocenters. The fourth-order valence-electron chi connectivity index (χ4n) is 4.39. The Bertz CT molecular complexity index is 692. The highest BCUT2D eigenvalue weighted by Gasteiger charge is 2.35. The van der Waals surface area contributed by atoms with Gasteiger partial charge < -0.3 is 9.88 Å². The number of hydrogen-bond donors (Lipinski definition) is 1. The van der Waals surface area contributed by atoms with Crippen LogP contribution in [-0.2, 0) is 0 Å². The zero-order chi connectivity index (χ0) is 15.7. The Morgan fingerprint density at radius 2 is 2.18 bits per heavy atom. The molecule has 1 fully saturated rings. The maximum absolute atomic E-state index is 7.25. The summed E-state index contributed by atoms with van der Waals surface area (Å²) in [6, 6.07) is 6.64. The lowest BCUT2D eigenvalue weighted by atomic mass is 9.82. The molecule has 0 radical (unpaired) electrons. The Hall–Kier alpha value is -1.79. The van der Waals surface area contributed by atoms with Gasteiger partial charge in [-0.15, -0.1) is 0 Å². The highest BCUT2D eigenvalue weighted by Crippen LogP contribution is 2.45. The van der Waals surface area contributed by atoms with Crippen LogP contribution in [0.1, 0.15) is 44.1 Å². The van der Waals surface area contributed by atoms with E-state index in [4.69, 9.17) is 6.57 Å². The SMILES string of the molecule is [C-]#[N+]c1ccc2[nH]cc(C3CCCC3C(CC)N(C)C)c2c1. The first-order valence-corrected chi connectivity index (χ1v) is 8.30. The van der Waals surface area contributed by atoms with E-state index in [2.05, 4.69) is 48.0 Å². The van der Waals surface area contributed by atoms with E-state index in [0.717, 1.165) is 17.1 Å². The van der Waals surface area contributed by atoms with Gasteiger partial charge in [-0.25, -0.2) is 4.85 Å². The van der Waals surface area contributed by atoms with Crippen LogP contribution in [0, 0.1) is 12.5 Å². The van der Waals surface area contributed by atoms with Crippen LogP contribution in [0.25, 0.3) is 15.7 Å². The summed E-state index contributed by atoms with van der Waals surface area (Å²) in [4.78, 5) is 9.39. The van der Waals surface area contributed by atoms with E-state index in [0.29, 0.717) is 12.0 Å². The number of benzene rings is 1. The topological polar surface area (TPSA) is 23.4 Å². The predicted molar refractivity (Wildman–Crippen MR) is 92.4 cm³/mol. The number of nitrogens with zero attached hydrogens (tertiary/aromatic N) is 2. The second kappa shape index (κ2) is 6.14. The van der Waals surface area contributed by atoms with Gasteiger partial charge in [0.25, 0.3) is 0 Å². The van der Waals surface area contributed by atoms with Gasteiger partial charge in [-0.3, -0.25) is 0 Å². The number of nitrogens with one attached hydrogen (secondary N) is 1. The molecule has 0 bridgehead atoms. The maximum Gasteiger partial charge on any atom is 0.187 e. The molecule has 1 aromatic carbocycles. The molecule has 1 aliphatic rings. The molecule has 0 spiro atoms. The zero-order valence-electron chi connectivity index (χ0n) is 13.8. The number of hydrogen-bond acceptors (Lipinski definition) is 1. The van der Waals surface area contributed by atoms with Crippen molar-refractivity contribution in [3.05, 3.63) is 41.4 Å². The minimum atomic E-state index is 0.613. The lowest BCUT2D eigenvalue weighted by Crippen LogP contribution is -2.35. The normalized spacial score (nSPS) is 23.0. The summed E-state index contributed by atoms with van der Waals surface area (Å²) in [5.74, 6) is 1.33. The van der Waals surface area contributed by atoms with Crippen molar-refractivity contribution in [1.82, 2.24) is 9.88 Å². The standard InChI is InChI=1S/C19H25N3/c1-5-19(22(3)4)15-8-6-7-14(15)17-12-21-18-10-9-13(20-2)11-16(17)18/h9-12,14-15,19,21H,5-8H2,1,3-4H3. The summed E-state index contributed by atoms with van der Waals surface area (Å²) in [6.45, 7) is 9.55. The van der Waals surface area contributed by atoms with Crippen LogP contribution in [0.5, 0.6) is 0 Å². The second-order valence-corrected chi connectivity index (χ2v) is 6.73. The average molecular weight is 295 g/mol. The third kappa shape index (κ3) is 2.53. The van der Waals surface area contributed by atoms with Crippen molar-refractivity contribution >= 4 is 16.6 Å². The molecule has 116 valence electrons. The van der Waals surface area contributed by atoms with E-state index >= 15 is 0 Å². The Labute approximate surface area is 133 Å². The van der Waals surface area contributed by atoms with Crippen LogP contribution in [0.15, 0.2) is 24.4 Å².